The summed E-state index contributed by atoms with van der Waals surface area (Å²) < 4.78 is 9.91. The number of carbonyl (C=O) groups is 4. The van der Waals surface area contributed by atoms with Crippen molar-refractivity contribution in [3.05, 3.63) is 35.4 Å². The number of fused-ring (bicyclic) bond motifs is 1. The fourth-order valence-electron chi connectivity index (χ4n) is 3.81. The Labute approximate surface area is 157 Å². The van der Waals surface area contributed by atoms with E-state index < -0.39 is 18.0 Å². The number of carbonyl (C=O) groups excluding carboxylic acids is 4. The van der Waals surface area contributed by atoms with Gasteiger partial charge in [-0.2, -0.15) is 0 Å². The van der Waals surface area contributed by atoms with Crippen LogP contribution in [-0.2, 0) is 30.5 Å². The zero-order chi connectivity index (χ0) is 19.6. The van der Waals surface area contributed by atoms with Gasteiger partial charge in [-0.1, -0.05) is 25.0 Å². The maximum absolute atomic E-state index is 12.6. The fraction of sp³-hybridized carbons (Fsp3) is 0.500. The summed E-state index contributed by atoms with van der Waals surface area (Å²) in [5.41, 5.74) is 1.09. The molecule has 1 aromatic carbocycles. The molecule has 2 fully saturated rings. The molecule has 0 aromatic heterocycles. The van der Waals surface area contributed by atoms with Gasteiger partial charge >= 0.3 is 11.9 Å². The number of hydrogen-bond donors (Lipinski definition) is 0. The van der Waals surface area contributed by atoms with Crippen molar-refractivity contribution in [3.63, 3.8) is 0 Å². The minimum atomic E-state index is -0.940. The van der Waals surface area contributed by atoms with E-state index in [1.54, 1.807) is 24.3 Å². The van der Waals surface area contributed by atoms with E-state index in [0.29, 0.717) is 24.0 Å². The van der Waals surface area contributed by atoms with Crippen LogP contribution in [0.4, 0.5) is 0 Å². The normalized spacial score (nSPS) is 23.0. The number of benzene rings is 1. The average Bonchev–Trinajstić information content (AvgIpc) is 2.96. The molecule has 0 unspecified atom stereocenters. The molecule has 27 heavy (non-hydrogen) atoms. The lowest BCUT2D eigenvalue weighted by atomic mass is 9.81. The molecule has 7 nitrogen and oxygen atoms in total. The van der Waals surface area contributed by atoms with Crippen LogP contribution < -0.4 is 0 Å². The topological polar surface area (TPSA) is 90.0 Å². The SMILES string of the molecule is COC(=O)c1ccc(COC(=O)[C@H](C)N2C(=O)[C@@H]3CCCC[C@H]3C2=O)cc1. The molecular weight excluding hydrogens is 350 g/mol. The average molecular weight is 373 g/mol. The summed E-state index contributed by atoms with van der Waals surface area (Å²) in [4.78, 5) is 50.0. The lowest BCUT2D eigenvalue weighted by molar-refractivity contribution is -0.159. The van der Waals surface area contributed by atoms with Gasteiger partial charge in [0.05, 0.1) is 24.5 Å². The number of rotatable bonds is 5. The van der Waals surface area contributed by atoms with Crippen molar-refractivity contribution in [2.45, 2.75) is 45.3 Å². The van der Waals surface area contributed by atoms with Crippen LogP contribution in [0.2, 0.25) is 0 Å². The van der Waals surface area contributed by atoms with Crippen molar-refractivity contribution >= 4 is 23.8 Å². The molecule has 0 radical (unpaired) electrons. The third-order valence-electron chi connectivity index (χ3n) is 5.36. The van der Waals surface area contributed by atoms with Crippen molar-refractivity contribution in [2.75, 3.05) is 7.11 Å². The van der Waals surface area contributed by atoms with Crippen molar-refractivity contribution in [1.82, 2.24) is 4.90 Å². The highest BCUT2D eigenvalue weighted by atomic mass is 16.5. The molecule has 0 N–H and O–H groups in total. The molecular formula is C20H23NO6. The van der Waals surface area contributed by atoms with Gasteiger partial charge in [0.15, 0.2) is 0 Å². The summed E-state index contributed by atoms with van der Waals surface area (Å²) in [6.45, 7) is 1.52. The summed E-state index contributed by atoms with van der Waals surface area (Å²) in [6, 6.07) is 5.54. The number of esters is 2. The predicted molar refractivity (Wildman–Crippen MR) is 94.3 cm³/mol. The molecule has 0 bridgehead atoms. The second-order valence-electron chi connectivity index (χ2n) is 7.02. The van der Waals surface area contributed by atoms with E-state index in [4.69, 9.17) is 4.74 Å². The Bertz CT molecular complexity index is 732. The van der Waals surface area contributed by atoms with Crippen LogP contribution >= 0.6 is 0 Å². The Morgan fingerprint density at radius 2 is 1.63 bits per heavy atom. The Morgan fingerprint density at radius 1 is 1.07 bits per heavy atom. The molecule has 1 aromatic rings. The van der Waals surface area contributed by atoms with E-state index >= 15 is 0 Å². The quantitative estimate of drug-likeness (QED) is 0.580. The first-order valence-corrected chi connectivity index (χ1v) is 9.15. The van der Waals surface area contributed by atoms with Gasteiger partial charge in [0, 0.05) is 0 Å². The zero-order valence-corrected chi connectivity index (χ0v) is 15.5. The Hall–Kier alpha value is -2.70. The number of hydrogen-bond acceptors (Lipinski definition) is 6. The van der Waals surface area contributed by atoms with Gasteiger partial charge in [0.1, 0.15) is 12.6 Å². The highest BCUT2D eigenvalue weighted by Gasteiger charge is 2.51. The number of ether oxygens (including phenoxy) is 2. The van der Waals surface area contributed by atoms with Crippen molar-refractivity contribution < 1.29 is 28.7 Å². The number of nitrogens with zero attached hydrogens (tertiary/aromatic N) is 1. The van der Waals surface area contributed by atoms with E-state index in [1.165, 1.54) is 14.0 Å². The van der Waals surface area contributed by atoms with Gasteiger partial charge < -0.3 is 9.47 Å². The first-order valence-electron chi connectivity index (χ1n) is 9.15. The van der Waals surface area contributed by atoms with E-state index in [1.807, 2.05) is 0 Å². The molecule has 2 aliphatic rings. The maximum Gasteiger partial charge on any atom is 0.337 e. The fourth-order valence-corrected chi connectivity index (χ4v) is 3.81. The van der Waals surface area contributed by atoms with E-state index in [0.717, 1.165) is 17.7 Å². The van der Waals surface area contributed by atoms with Crippen LogP contribution in [0.3, 0.4) is 0 Å². The lowest BCUT2D eigenvalue weighted by Gasteiger charge is -2.21. The van der Waals surface area contributed by atoms with Gasteiger partial charge in [-0.05, 0) is 37.5 Å². The Balaban J connectivity index is 1.60. The summed E-state index contributed by atoms with van der Waals surface area (Å²) in [5, 5.41) is 0. The third-order valence-corrected chi connectivity index (χ3v) is 5.36. The van der Waals surface area contributed by atoms with Gasteiger partial charge in [-0.25, -0.2) is 9.59 Å². The Morgan fingerprint density at radius 3 is 2.15 bits per heavy atom. The van der Waals surface area contributed by atoms with Crippen molar-refractivity contribution in [1.29, 1.82) is 0 Å². The van der Waals surface area contributed by atoms with Gasteiger partial charge in [0.25, 0.3) is 0 Å². The van der Waals surface area contributed by atoms with Crippen LogP contribution in [0.25, 0.3) is 0 Å². The highest BCUT2D eigenvalue weighted by Crippen LogP contribution is 2.38. The summed E-state index contributed by atoms with van der Waals surface area (Å²) in [6.07, 6.45) is 3.29. The smallest absolute Gasteiger partial charge is 0.337 e. The van der Waals surface area contributed by atoms with Gasteiger partial charge in [-0.15, -0.1) is 0 Å². The third kappa shape index (κ3) is 3.72. The monoisotopic (exact) mass is 373 g/mol. The number of imide groups is 1. The molecule has 2 amide bonds. The summed E-state index contributed by atoms with van der Waals surface area (Å²) >= 11 is 0. The zero-order valence-electron chi connectivity index (χ0n) is 15.5. The molecule has 1 saturated carbocycles. The molecule has 7 heteroatoms. The molecule has 1 aliphatic heterocycles. The van der Waals surface area contributed by atoms with Crippen LogP contribution in [0.1, 0.15) is 48.5 Å². The number of amides is 2. The lowest BCUT2D eigenvalue weighted by Crippen LogP contribution is -2.44. The molecule has 3 atom stereocenters. The van der Waals surface area contributed by atoms with E-state index in [-0.39, 0.29) is 30.3 Å². The standard InChI is InChI=1S/C20H23NO6/c1-12(21-17(22)15-5-3-4-6-16(15)18(21)23)19(24)27-11-13-7-9-14(10-8-13)20(25)26-2/h7-10,12,15-16H,3-6,11H2,1-2H3/t12-,15+,16+/m0/s1. The second kappa shape index (κ2) is 7.90. The highest BCUT2D eigenvalue weighted by molar-refractivity contribution is 6.07. The summed E-state index contributed by atoms with van der Waals surface area (Å²) in [7, 11) is 1.30. The molecule has 0 spiro atoms. The Kier molecular flexibility index (Phi) is 5.58. The van der Waals surface area contributed by atoms with Crippen LogP contribution in [0.15, 0.2) is 24.3 Å². The molecule has 3 rings (SSSR count). The van der Waals surface area contributed by atoms with E-state index in [9.17, 15) is 19.2 Å². The van der Waals surface area contributed by atoms with Crippen LogP contribution in [0.5, 0.6) is 0 Å². The predicted octanol–water partition coefficient (Wildman–Crippen LogP) is 2.08. The maximum atomic E-state index is 12.6. The minimum Gasteiger partial charge on any atom is -0.465 e. The van der Waals surface area contributed by atoms with E-state index in [2.05, 4.69) is 4.74 Å². The van der Waals surface area contributed by atoms with Crippen molar-refractivity contribution in [3.8, 4) is 0 Å². The largest absolute Gasteiger partial charge is 0.465 e. The van der Waals surface area contributed by atoms with Crippen molar-refractivity contribution in [2.24, 2.45) is 11.8 Å². The van der Waals surface area contributed by atoms with Crippen LogP contribution in [0, 0.1) is 11.8 Å². The van der Waals surface area contributed by atoms with Crippen LogP contribution in [-0.4, -0.2) is 41.8 Å². The first kappa shape index (κ1) is 19.1. The number of likely N-dealkylation sites (tertiary alicyclic amines) is 1. The number of methoxy groups -OCH3 is 1. The van der Waals surface area contributed by atoms with Gasteiger partial charge in [-0.3, -0.25) is 14.5 Å². The minimum absolute atomic E-state index is 0.00625. The molecule has 1 aliphatic carbocycles. The molecule has 1 saturated heterocycles. The summed E-state index contributed by atoms with van der Waals surface area (Å²) in [5.74, 6) is -2.14. The molecule has 1 heterocycles. The molecule has 144 valence electrons. The van der Waals surface area contributed by atoms with Gasteiger partial charge in [0.2, 0.25) is 11.8 Å². The first-order chi connectivity index (χ1) is 12.9. The second-order valence-corrected chi connectivity index (χ2v) is 7.02.